The molecule has 2 amide bonds. The third kappa shape index (κ3) is 2.29. The van der Waals surface area contributed by atoms with Crippen molar-refractivity contribution in [3.8, 4) is 0 Å². The first-order valence-corrected chi connectivity index (χ1v) is 7.45. The molecule has 0 radical (unpaired) electrons. The molecular weight excluding hydrogens is 262 g/mol. The zero-order chi connectivity index (χ0) is 16.1. The number of hydrogen-bond acceptors (Lipinski definition) is 2. The minimum atomic E-state index is -0.615. The van der Waals surface area contributed by atoms with Crippen molar-refractivity contribution in [3.63, 3.8) is 0 Å². The highest BCUT2D eigenvalue weighted by Gasteiger charge is 2.59. The molecule has 1 aromatic rings. The van der Waals surface area contributed by atoms with E-state index < -0.39 is 11.0 Å². The zero-order valence-electron chi connectivity index (χ0n) is 13.9. The molecule has 0 bridgehead atoms. The molecule has 1 aromatic carbocycles. The van der Waals surface area contributed by atoms with Crippen LogP contribution in [0.4, 0.5) is 0 Å². The minimum absolute atomic E-state index is 0.0775. The standard InChI is InChI=1S/C18H25NO2/c1-16(2,3)15(21)19-14(20)12-17(4,5)18(19,6)13-10-8-7-9-11-13/h7-11H,12H2,1-6H3/t18-/m0/s1. The molecule has 0 spiro atoms. The molecule has 0 unspecified atom stereocenters. The van der Waals surface area contributed by atoms with E-state index in [1.165, 1.54) is 4.90 Å². The minimum Gasteiger partial charge on any atom is -0.274 e. The molecule has 1 atom stereocenters. The maximum atomic E-state index is 12.9. The molecule has 0 aromatic heterocycles. The van der Waals surface area contributed by atoms with Gasteiger partial charge in [0.2, 0.25) is 11.8 Å². The van der Waals surface area contributed by atoms with Gasteiger partial charge in [0.25, 0.3) is 0 Å². The molecule has 3 heteroatoms. The zero-order valence-corrected chi connectivity index (χ0v) is 13.9. The summed E-state index contributed by atoms with van der Waals surface area (Å²) in [5.41, 5.74) is -0.479. The van der Waals surface area contributed by atoms with Crippen LogP contribution in [-0.2, 0) is 15.1 Å². The molecule has 2 rings (SSSR count). The maximum Gasteiger partial charge on any atom is 0.235 e. The van der Waals surface area contributed by atoms with E-state index in [1.807, 2.05) is 58.0 Å². The van der Waals surface area contributed by atoms with Crippen molar-refractivity contribution in [2.45, 2.75) is 53.5 Å². The van der Waals surface area contributed by atoms with Crippen molar-refractivity contribution in [1.29, 1.82) is 0 Å². The second kappa shape index (κ2) is 4.69. The number of hydrogen-bond donors (Lipinski definition) is 0. The lowest BCUT2D eigenvalue weighted by Crippen LogP contribution is -2.53. The van der Waals surface area contributed by atoms with Gasteiger partial charge in [-0.1, -0.05) is 65.0 Å². The first-order chi connectivity index (χ1) is 9.52. The average Bonchev–Trinajstić information content (AvgIpc) is 2.55. The van der Waals surface area contributed by atoms with Crippen molar-refractivity contribution >= 4 is 11.8 Å². The van der Waals surface area contributed by atoms with E-state index in [4.69, 9.17) is 0 Å². The fourth-order valence-corrected chi connectivity index (χ4v) is 3.12. The Morgan fingerprint density at radius 3 is 2.10 bits per heavy atom. The average molecular weight is 287 g/mol. The Morgan fingerprint density at radius 1 is 1.10 bits per heavy atom. The number of imide groups is 1. The fraction of sp³-hybridized carbons (Fsp3) is 0.556. The molecule has 21 heavy (non-hydrogen) atoms. The molecule has 1 aliphatic rings. The van der Waals surface area contributed by atoms with Crippen LogP contribution in [0.15, 0.2) is 30.3 Å². The Kier molecular flexibility index (Phi) is 3.51. The van der Waals surface area contributed by atoms with Crippen LogP contribution >= 0.6 is 0 Å². The monoisotopic (exact) mass is 287 g/mol. The van der Waals surface area contributed by atoms with Crippen LogP contribution in [0.2, 0.25) is 0 Å². The van der Waals surface area contributed by atoms with Gasteiger partial charge in [-0.15, -0.1) is 0 Å². The summed E-state index contributed by atoms with van der Waals surface area (Å²) < 4.78 is 0. The summed E-state index contributed by atoms with van der Waals surface area (Å²) in [5, 5.41) is 0. The van der Waals surface area contributed by atoms with Gasteiger partial charge in [0.15, 0.2) is 0 Å². The number of benzene rings is 1. The number of nitrogens with zero attached hydrogens (tertiary/aromatic N) is 1. The lowest BCUT2D eigenvalue weighted by atomic mass is 9.69. The molecule has 1 aliphatic heterocycles. The second-order valence-corrected chi connectivity index (χ2v) is 7.78. The second-order valence-electron chi connectivity index (χ2n) is 7.78. The highest BCUT2D eigenvalue weighted by atomic mass is 16.2. The number of carbonyl (C=O) groups excluding carboxylic acids is 2. The summed E-state index contributed by atoms with van der Waals surface area (Å²) in [6.45, 7) is 11.7. The summed E-state index contributed by atoms with van der Waals surface area (Å²) >= 11 is 0. The molecule has 114 valence electrons. The van der Waals surface area contributed by atoms with Gasteiger partial charge in [0, 0.05) is 17.3 Å². The molecule has 0 aliphatic carbocycles. The molecule has 3 nitrogen and oxygen atoms in total. The third-order valence-electron chi connectivity index (χ3n) is 4.79. The first-order valence-electron chi connectivity index (χ1n) is 7.45. The Hall–Kier alpha value is -1.64. The van der Waals surface area contributed by atoms with Crippen LogP contribution in [0.1, 0.15) is 53.5 Å². The third-order valence-corrected chi connectivity index (χ3v) is 4.79. The van der Waals surface area contributed by atoms with Gasteiger partial charge in [0.1, 0.15) is 0 Å². The summed E-state index contributed by atoms with van der Waals surface area (Å²) in [6.07, 6.45) is 0.389. The topological polar surface area (TPSA) is 37.4 Å². The van der Waals surface area contributed by atoms with Crippen LogP contribution in [0, 0.1) is 10.8 Å². The largest absolute Gasteiger partial charge is 0.274 e. The molecule has 0 saturated carbocycles. The van der Waals surface area contributed by atoms with E-state index in [1.54, 1.807) is 0 Å². The van der Waals surface area contributed by atoms with Crippen LogP contribution in [0.25, 0.3) is 0 Å². The summed E-state index contributed by atoms with van der Waals surface area (Å²) in [6, 6.07) is 9.87. The van der Waals surface area contributed by atoms with Gasteiger partial charge in [-0.3, -0.25) is 14.5 Å². The smallest absolute Gasteiger partial charge is 0.235 e. The van der Waals surface area contributed by atoms with Crippen molar-refractivity contribution in [2.24, 2.45) is 10.8 Å². The molecule has 1 heterocycles. The van der Waals surface area contributed by atoms with Crippen LogP contribution in [0.3, 0.4) is 0 Å². The molecule has 1 saturated heterocycles. The van der Waals surface area contributed by atoms with Gasteiger partial charge >= 0.3 is 0 Å². The Balaban J connectivity index is 2.63. The SMILES string of the molecule is CC(C)(C)C(=O)N1C(=O)CC(C)(C)[C@]1(C)c1ccccc1. The summed E-state index contributed by atoms with van der Waals surface area (Å²) in [4.78, 5) is 26.9. The Morgan fingerprint density at radius 2 is 1.62 bits per heavy atom. The predicted molar refractivity (Wildman–Crippen MR) is 83.5 cm³/mol. The summed E-state index contributed by atoms with van der Waals surface area (Å²) in [5.74, 6) is -0.185. The number of amides is 2. The van der Waals surface area contributed by atoms with E-state index in [-0.39, 0.29) is 17.2 Å². The van der Waals surface area contributed by atoms with Crippen molar-refractivity contribution in [2.75, 3.05) is 0 Å². The molecule has 0 N–H and O–H groups in total. The van der Waals surface area contributed by atoms with Gasteiger partial charge < -0.3 is 0 Å². The van der Waals surface area contributed by atoms with Gasteiger partial charge in [-0.25, -0.2) is 0 Å². The fourth-order valence-electron chi connectivity index (χ4n) is 3.12. The van der Waals surface area contributed by atoms with Crippen LogP contribution in [-0.4, -0.2) is 16.7 Å². The quantitative estimate of drug-likeness (QED) is 0.789. The van der Waals surface area contributed by atoms with Crippen molar-refractivity contribution in [1.82, 2.24) is 4.90 Å². The number of likely N-dealkylation sites (tertiary alicyclic amines) is 1. The van der Waals surface area contributed by atoms with Gasteiger partial charge in [-0.2, -0.15) is 0 Å². The van der Waals surface area contributed by atoms with E-state index in [0.717, 1.165) is 5.56 Å². The van der Waals surface area contributed by atoms with Gasteiger partial charge in [0.05, 0.1) is 5.54 Å². The Labute approximate surface area is 127 Å². The lowest BCUT2D eigenvalue weighted by molar-refractivity contribution is -0.154. The van der Waals surface area contributed by atoms with Crippen molar-refractivity contribution < 1.29 is 9.59 Å². The van der Waals surface area contributed by atoms with Crippen LogP contribution in [0.5, 0.6) is 0 Å². The Bertz CT molecular complexity index is 569. The van der Waals surface area contributed by atoms with Crippen LogP contribution < -0.4 is 0 Å². The van der Waals surface area contributed by atoms with E-state index >= 15 is 0 Å². The number of carbonyl (C=O) groups is 2. The van der Waals surface area contributed by atoms with Crippen molar-refractivity contribution in [3.05, 3.63) is 35.9 Å². The lowest BCUT2D eigenvalue weighted by Gasteiger charge is -2.44. The maximum absolute atomic E-state index is 12.9. The van der Waals surface area contributed by atoms with E-state index in [9.17, 15) is 9.59 Å². The molecular formula is C18H25NO2. The van der Waals surface area contributed by atoms with E-state index in [2.05, 4.69) is 13.8 Å². The summed E-state index contributed by atoms with van der Waals surface area (Å²) in [7, 11) is 0. The number of rotatable bonds is 1. The first kappa shape index (κ1) is 15.7. The highest BCUT2D eigenvalue weighted by molar-refractivity contribution is 6.01. The van der Waals surface area contributed by atoms with Gasteiger partial charge in [-0.05, 0) is 12.5 Å². The predicted octanol–water partition coefficient (Wildman–Crippen LogP) is 3.73. The molecule has 1 fully saturated rings. The highest BCUT2D eigenvalue weighted by Crippen LogP contribution is 2.53. The van der Waals surface area contributed by atoms with E-state index in [0.29, 0.717) is 6.42 Å². The normalized spacial score (nSPS) is 25.2.